The van der Waals surface area contributed by atoms with Gasteiger partial charge in [-0.3, -0.25) is 24.1 Å². The number of thiophene rings is 1. The number of rotatable bonds is 4. The van der Waals surface area contributed by atoms with Crippen LogP contribution in [0.5, 0.6) is 0 Å². The maximum absolute atomic E-state index is 12.7. The molecule has 24 heavy (non-hydrogen) atoms. The lowest BCUT2D eigenvalue weighted by molar-refractivity contribution is -0.256. The van der Waals surface area contributed by atoms with Gasteiger partial charge < -0.3 is 9.84 Å². The molecule has 2 amide bonds. The zero-order valence-electron chi connectivity index (χ0n) is 12.6. The summed E-state index contributed by atoms with van der Waals surface area (Å²) in [7, 11) is 0. The molecule has 0 saturated carbocycles. The summed E-state index contributed by atoms with van der Waals surface area (Å²) in [6, 6.07) is 2.38. The third-order valence-electron chi connectivity index (χ3n) is 3.85. The summed E-state index contributed by atoms with van der Waals surface area (Å²) in [4.78, 5) is 54.2. The highest BCUT2D eigenvalue weighted by atomic mass is 32.1. The first-order valence-electron chi connectivity index (χ1n) is 7.12. The van der Waals surface area contributed by atoms with Crippen LogP contribution in [0.25, 0.3) is 0 Å². The third-order valence-corrected chi connectivity index (χ3v) is 4.72. The standard InChI is InChI=1S/C14H14N2O7S/c1-8(17)15(10-3-2-6-24-10)9-7-22-16(12(9)19)14(13(20)21)5-4-11(18)23-14/h2-3,6,9H,4-5,7H2,1H3,(H,20,21)/t9-,14?/m0/s1. The fourth-order valence-corrected chi connectivity index (χ4v) is 3.58. The van der Waals surface area contributed by atoms with Crippen molar-refractivity contribution < 1.29 is 33.9 Å². The van der Waals surface area contributed by atoms with E-state index in [-0.39, 0.29) is 25.4 Å². The Morgan fingerprint density at radius 2 is 2.21 bits per heavy atom. The van der Waals surface area contributed by atoms with E-state index in [1.165, 1.54) is 23.2 Å². The molecule has 1 aromatic heterocycles. The average Bonchev–Trinajstić information content (AvgIpc) is 3.22. The molecule has 3 rings (SSSR count). The number of carbonyl (C=O) groups is 4. The molecule has 128 valence electrons. The molecule has 2 fully saturated rings. The van der Waals surface area contributed by atoms with E-state index in [4.69, 9.17) is 9.57 Å². The molecule has 2 atom stereocenters. The van der Waals surface area contributed by atoms with Gasteiger partial charge in [-0.2, -0.15) is 5.06 Å². The van der Waals surface area contributed by atoms with E-state index < -0.39 is 29.6 Å². The maximum Gasteiger partial charge on any atom is 0.372 e. The van der Waals surface area contributed by atoms with Crippen molar-refractivity contribution in [3.63, 3.8) is 0 Å². The molecule has 0 bridgehead atoms. The molecular weight excluding hydrogens is 340 g/mol. The van der Waals surface area contributed by atoms with Crippen LogP contribution in [0.15, 0.2) is 17.5 Å². The smallest absolute Gasteiger partial charge is 0.372 e. The molecule has 9 nitrogen and oxygen atoms in total. The van der Waals surface area contributed by atoms with Gasteiger partial charge in [0.25, 0.3) is 5.91 Å². The number of anilines is 1. The number of nitrogens with zero attached hydrogens (tertiary/aromatic N) is 2. The Labute approximate surface area is 140 Å². The van der Waals surface area contributed by atoms with E-state index in [1.54, 1.807) is 17.5 Å². The first-order valence-corrected chi connectivity index (χ1v) is 8.00. The molecule has 0 aromatic carbocycles. The molecule has 1 unspecified atom stereocenters. The summed E-state index contributed by atoms with van der Waals surface area (Å²) in [6.07, 6.45) is -0.343. The first-order chi connectivity index (χ1) is 11.4. The van der Waals surface area contributed by atoms with Crippen LogP contribution in [0.3, 0.4) is 0 Å². The number of hydroxylamine groups is 2. The van der Waals surface area contributed by atoms with Crippen LogP contribution in [-0.4, -0.2) is 52.3 Å². The van der Waals surface area contributed by atoms with E-state index >= 15 is 0 Å². The molecule has 1 N–H and O–H groups in total. The fraction of sp³-hybridized carbons (Fsp3) is 0.429. The molecule has 2 saturated heterocycles. The van der Waals surface area contributed by atoms with Crippen LogP contribution in [0, 0.1) is 0 Å². The largest absolute Gasteiger partial charge is 0.477 e. The van der Waals surface area contributed by atoms with Crippen LogP contribution in [0.2, 0.25) is 0 Å². The Bertz CT molecular complexity index is 704. The van der Waals surface area contributed by atoms with Gasteiger partial charge in [0.2, 0.25) is 5.91 Å². The van der Waals surface area contributed by atoms with Crippen molar-refractivity contribution in [3.8, 4) is 0 Å². The third kappa shape index (κ3) is 2.43. The van der Waals surface area contributed by atoms with Crippen LogP contribution in [0.1, 0.15) is 19.8 Å². The van der Waals surface area contributed by atoms with Crippen LogP contribution in [0.4, 0.5) is 5.00 Å². The van der Waals surface area contributed by atoms with Crippen molar-refractivity contribution in [2.75, 3.05) is 11.5 Å². The minimum Gasteiger partial charge on any atom is -0.477 e. The number of cyclic esters (lactones) is 1. The summed E-state index contributed by atoms with van der Waals surface area (Å²) in [6.45, 7) is 1.08. The lowest BCUT2D eigenvalue weighted by Gasteiger charge is -2.31. The minimum atomic E-state index is -2.18. The van der Waals surface area contributed by atoms with E-state index in [1.807, 2.05) is 0 Å². The maximum atomic E-state index is 12.7. The van der Waals surface area contributed by atoms with Gasteiger partial charge in [-0.05, 0) is 17.5 Å². The quantitative estimate of drug-likeness (QED) is 0.777. The number of carboxylic acid groups (broad SMARTS) is 1. The molecule has 0 spiro atoms. The van der Waals surface area contributed by atoms with Crippen LogP contribution < -0.4 is 4.90 Å². The Kier molecular flexibility index (Phi) is 4.01. The van der Waals surface area contributed by atoms with Crippen molar-refractivity contribution in [2.24, 2.45) is 0 Å². The van der Waals surface area contributed by atoms with Gasteiger partial charge in [-0.15, -0.1) is 11.3 Å². The Hall–Kier alpha value is -2.46. The molecule has 3 heterocycles. The summed E-state index contributed by atoms with van der Waals surface area (Å²) in [5, 5.41) is 12.3. The molecule has 2 aliphatic heterocycles. The van der Waals surface area contributed by atoms with Gasteiger partial charge in [-0.25, -0.2) is 4.79 Å². The van der Waals surface area contributed by atoms with E-state index in [2.05, 4.69) is 0 Å². The molecule has 0 radical (unpaired) electrons. The first kappa shape index (κ1) is 16.4. The summed E-state index contributed by atoms with van der Waals surface area (Å²) >= 11 is 1.26. The Morgan fingerprint density at radius 1 is 1.46 bits per heavy atom. The van der Waals surface area contributed by atoms with Crippen molar-refractivity contribution in [3.05, 3.63) is 17.5 Å². The van der Waals surface area contributed by atoms with E-state index in [0.717, 1.165) is 0 Å². The number of carbonyl (C=O) groups excluding carboxylic acids is 3. The van der Waals surface area contributed by atoms with Gasteiger partial charge >= 0.3 is 17.7 Å². The SMILES string of the molecule is CC(=O)N(c1cccs1)[C@H]1CON(C2(C(=O)O)CCC(=O)O2)C1=O. The molecular formula is C14H14N2O7S. The van der Waals surface area contributed by atoms with Gasteiger partial charge in [-0.1, -0.05) is 0 Å². The molecule has 1 aromatic rings. The number of carboxylic acids is 1. The Morgan fingerprint density at radius 3 is 2.71 bits per heavy atom. The fourth-order valence-electron chi connectivity index (χ4n) is 2.76. The van der Waals surface area contributed by atoms with Gasteiger partial charge in [0.05, 0.1) is 11.4 Å². The lowest BCUT2D eigenvalue weighted by atomic mass is 10.1. The zero-order valence-corrected chi connectivity index (χ0v) is 13.4. The zero-order chi connectivity index (χ0) is 17.5. The topological polar surface area (TPSA) is 113 Å². The number of aliphatic carboxylic acids is 1. The minimum absolute atomic E-state index is 0.133. The molecule has 0 aliphatic carbocycles. The second-order valence-electron chi connectivity index (χ2n) is 5.35. The van der Waals surface area contributed by atoms with Gasteiger partial charge in [0.1, 0.15) is 12.6 Å². The van der Waals surface area contributed by atoms with Crippen molar-refractivity contribution in [1.82, 2.24) is 5.06 Å². The van der Waals surface area contributed by atoms with Crippen molar-refractivity contribution >= 4 is 40.1 Å². The number of amides is 2. The van der Waals surface area contributed by atoms with Crippen LogP contribution >= 0.6 is 11.3 Å². The summed E-state index contributed by atoms with van der Waals surface area (Å²) in [5.74, 6) is -3.34. The monoisotopic (exact) mass is 354 g/mol. The van der Waals surface area contributed by atoms with Crippen molar-refractivity contribution in [1.29, 1.82) is 0 Å². The number of esters is 1. The predicted octanol–water partition coefficient (Wildman–Crippen LogP) is 0.361. The second kappa shape index (κ2) is 5.87. The number of hydrogen-bond acceptors (Lipinski definition) is 7. The normalized spacial score (nSPS) is 26.5. The van der Waals surface area contributed by atoms with E-state index in [9.17, 15) is 24.3 Å². The van der Waals surface area contributed by atoms with E-state index in [0.29, 0.717) is 10.1 Å². The summed E-state index contributed by atoms with van der Waals surface area (Å²) in [5.41, 5.74) is -2.18. The predicted molar refractivity (Wildman–Crippen MR) is 79.8 cm³/mol. The highest BCUT2D eigenvalue weighted by Crippen LogP contribution is 2.36. The second-order valence-corrected chi connectivity index (χ2v) is 6.27. The average molecular weight is 354 g/mol. The lowest BCUT2D eigenvalue weighted by Crippen LogP contribution is -2.57. The van der Waals surface area contributed by atoms with Gasteiger partial charge in [0, 0.05) is 13.3 Å². The van der Waals surface area contributed by atoms with Crippen LogP contribution in [-0.2, 0) is 28.8 Å². The Balaban J connectivity index is 1.90. The molecule has 10 heteroatoms. The number of ether oxygens (including phenoxy) is 1. The number of hydrogen-bond donors (Lipinski definition) is 1. The van der Waals surface area contributed by atoms with Crippen molar-refractivity contribution in [2.45, 2.75) is 31.5 Å². The van der Waals surface area contributed by atoms with Gasteiger partial charge in [0.15, 0.2) is 0 Å². The molecule has 2 aliphatic rings. The highest BCUT2D eigenvalue weighted by Gasteiger charge is 2.60. The highest BCUT2D eigenvalue weighted by molar-refractivity contribution is 7.14. The summed E-state index contributed by atoms with van der Waals surface area (Å²) < 4.78 is 4.88.